The van der Waals surface area contributed by atoms with Gasteiger partial charge in [0, 0.05) is 16.2 Å². The Kier molecular flexibility index (Phi) is 2.75. The normalized spacial score (nSPS) is 35.1. The molecule has 0 aromatic carbocycles. The van der Waals surface area contributed by atoms with Gasteiger partial charge in [0.25, 0.3) is 0 Å². The zero-order valence-corrected chi connectivity index (χ0v) is 11.2. The molecule has 0 amide bonds. The van der Waals surface area contributed by atoms with Crippen LogP contribution in [0.25, 0.3) is 0 Å². The monoisotopic (exact) mass is 245 g/mol. The standard InChI is InChI=1S/C15H19NS/c1-2-13-5-6-14(17-13)9-15(10-16)8-11-3-4-12(15)7-11/h5-6,11-12H,2-4,7-9H2,1H3. The Balaban J connectivity index is 1.81. The third-order valence-electron chi connectivity index (χ3n) is 4.75. The molecular weight excluding hydrogens is 226 g/mol. The third kappa shape index (κ3) is 1.81. The second-order valence-electron chi connectivity index (χ2n) is 5.75. The fraction of sp³-hybridized carbons (Fsp3) is 0.667. The molecule has 17 heavy (non-hydrogen) atoms. The zero-order chi connectivity index (χ0) is 11.9. The minimum atomic E-state index is -0.0151. The van der Waals surface area contributed by atoms with Crippen molar-refractivity contribution in [3.8, 4) is 6.07 Å². The molecule has 2 aliphatic rings. The maximum Gasteiger partial charge on any atom is 0.0696 e. The molecule has 1 heterocycles. The van der Waals surface area contributed by atoms with Crippen molar-refractivity contribution in [2.75, 3.05) is 0 Å². The summed E-state index contributed by atoms with van der Waals surface area (Å²) in [7, 11) is 0. The first kappa shape index (κ1) is 11.3. The van der Waals surface area contributed by atoms with Crippen molar-refractivity contribution in [2.24, 2.45) is 17.3 Å². The number of thiophene rings is 1. The largest absolute Gasteiger partial charge is 0.198 e. The molecule has 2 fully saturated rings. The average Bonchev–Trinajstić information content (AvgIpc) is 3.04. The van der Waals surface area contributed by atoms with Crippen LogP contribution in [0.4, 0.5) is 0 Å². The van der Waals surface area contributed by atoms with Gasteiger partial charge in [-0.3, -0.25) is 0 Å². The van der Waals surface area contributed by atoms with Gasteiger partial charge in [-0.15, -0.1) is 11.3 Å². The zero-order valence-electron chi connectivity index (χ0n) is 10.4. The second kappa shape index (κ2) is 4.14. The van der Waals surface area contributed by atoms with Gasteiger partial charge in [-0.25, -0.2) is 0 Å². The summed E-state index contributed by atoms with van der Waals surface area (Å²) >= 11 is 1.91. The second-order valence-corrected chi connectivity index (χ2v) is 7.00. The number of hydrogen-bond acceptors (Lipinski definition) is 2. The molecule has 3 rings (SSSR count). The van der Waals surface area contributed by atoms with Crippen molar-refractivity contribution in [3.05, 3.63) is 21.9 Å². The summed E-state index contributed by atoms with van der Waals surface area (Å²) in [4.78, 5) is 2.88. The minimum Gasteiger partial charge on any atom is -0.198 e. The highest BCUT2D eigenvalue weighted by molar-refractivity contribution is 7.12. The van der Waals surface area contributed by atoms with Crippen molar-refractivity contribution >= 4 is 11.3 Å². The maximum atomic E-state index is 9.62. The summed E-state index contributed by atoms with van der Waals surface area (Å²) in [5.41, 5.74) is -0.0151. The first-order valence-corrected chi connectivity index (χ1v) is 7.56. The van der Waals surface area contributed by atoms with Gasteiger partial charge < -0.3 is 0 Å². The smallest absolute Gasteiger partial charge is 0.0696 e. The van der Waals surface area contributed by atoms with E-state index < -0.39 is 0 Å². The van der Waals surface area contributed by atoms with Crippen LogP contribution in [0.5, 0.6) is 0 Å². The third-order valence-corrected chi connectivity index (χ3v) is 5.98. The van der Waals surface area contributed by atoms with E-state index in [0.29, 0.717) is 5.92 Å². The molecule has 0 spiro atoms. The molecule has 2 saturated carbocycles. The molecular formula is C15H19NS. The summed E-state index contributed by atoms with van der Waals surface area (Å²) in [6.45, 7) is 2.20. The van der Waals surface area contributed by atoms with E-state index in [0.717, 1.165) is 25.2 Å². The van der Waals surface area contributed by atoms with E-state index in [1.165, 1.54) is 29.0 Å². The lowest BCUT2D eigenvalue weighted by atomic mass is 9.72. The molecule has 1 aromatic heterocycles. The first-order chi connectivity index (χ1) is 8.25. The molecule has 3 atom stereocenters. The molecule has 90 valence electrons. The van der Waals surface area contributed by atoms with E-state index in [-0.39, 0.29) is 5.41 Å². The van der Waals surface area contributed by atoms with Crippen molar-refractivity contribution in [3.63, 3.8) is 0 Å². The van der Waals surface area contributed by atoms with Crippen LogP contribution in [0.3, 0.4) is 0 Å². The van der Waals surface area contributed by atoms with Crippen molar-refractivity contribution in [2.45, 2.75) is 45.4 Å². The Hall–Kier alpha value is -0.810. The summed E-state index contributed by atoms with van der Waals surface area (Å²) in [5.74, 6) is 1.54. The SMILES string of the molecule is CCc1ccc(CC2(C#N)CC3CCC2C3)s1. The highest BCUT2D eigenvalue weighted by Crippen LogP contribution is 2.57. The lowest BCUT2D eigenvalue weighted by molar-refractivity contribution is 0.241. The van der Waals surface area contributed by atoms with E-state index in [2.05, 4.69) is 25.1 Å². The molecule has 0 N–H and O–H groups in total. The number of nitriles is 1. The van der Waals surface area contributed by atoms with Gasteiger partial charge in [0.15, 0.2) is 0 Å². The number of nitrogens with zero attached hydrogens (tertiary/aromatic N) is 1. The fourth-order valence-electron chi connectivity index (χ4n) is 3.86. The van der Waals surface area contributed by atoms with Crippen molar-refractivity contribution in [1.82, 2.24) is 0 Å². The van der Waals surface area contributed by atoms with Crippen LogP contribution in [-0.4, -0.2) is 0 Å². The summed E-state index contributed by atoms with van der Waals surface area (Å²) in [6, 6.07) is 7.17. The van der Waals surface area contributed by atoms with Crippen LogP contribution in [0, 0.1) is 28.6 Å². The summed E-state index contributed by atoms with van der Waals surface area (Å²) < 4.78 is 0. The number of rotatable bonds is 3. The Morgan fingerprint density at radius 1 is 1.41 bits per heavy atom. The van der Waals surface area contributed by atoms with Crippen LogP contribution in [0.2, 0.25) is 0 Å². The minimum absolute atomic E-state index is 0.0151. The van der Waals surface area contributed by atoms with Gasteiger partial charge in [-0.2, -0.15) is 5.26 Å². The molecule has 0 aliphatic heterocycles. The quantitative estimate of drug-likeness (QED) is 0.783. The Morgan fingerprint density at radius 2 is 2.24 bits per heavy atom. The van der Waals surface area contributed by atoms with Gasteiger partial charge in [0.05, 0.1) is 11.5 Å². The van der Waals surface area contributed by atoms with Gasteiger partial charge in [-0.1, -0.05) is 13.3 Å². The van der Waals surface area contributed by atoms with Gasteiger partial charge >= 0.3 is 0 Å². The molecule has 2 aliphatic carbocycles. The Morgan fingerprint density at radius 3 is 2.76 bits per heavy atom. The maximum absolute atomic E-state index is 9.62. The molecule has 3 unspecified atom stereocenters. The summed E-state index contributed by atoms with van der Waals surface area (Å²) in [5, 5.41) is 9.62. The van der Waals surface area contributed by atoms with E-state index >= 15 is 0 Å². The van der Waals surface area contributed by atoms with E-state index in [1.54, 1.807) is 0 Å². The molecule has 1 aromatic rings. The van der Waals surface area contributed by atoms with Crippen molar-refractivity contribution in [1.29, 1.82) is 5.26 Å². The molecule has 2 heteroatoms. The van der Waals surface area contributed by atoms with E-state index in [1.807, 2.05) is 11.3 Å². The van der Waals surface area contributed by atoms with Crippen molar-refractivity contribution < 1.29 is 0 Å². The van der Waals surface area contributed by atoms with Crippen LogP contribution in [-0.2, 0) is 12.8 Å². The predicted octanol–water partition coefficient (Wildman–Crippen LogP) is 4.18. The molecule has 0 radical (unpaired) electrons. The molecule has 1 nitrogen and oxygen atoms in total. The topological polar surface area (TPSA) is 23.8 Å². The van der Waals surface area contributed by atoms with E-state index in [4.69, 9.17) is 0 Å². The predicted molar refractivity (Wildman–Crippen MR) is 70.9 cm³/mol. The molecule has 2 bridgehead atoms. The van der Waals surface area contributed by atoms with Crippen LogP contribution in [0.15, 0.2) is 12.1 Å². The van der Waals surface area contributed by atoms with E-state index in [9.17, 15) is 5.26 Å². The first-order valence-electron chi connectivity index (χ1n) is 6.74. The number of fused-ring (bicyclic) bond motifs is 2. The van der Waals surface area contributed by atoms with Gasteiger partial charge in [0.1, 0.15) is 0 Å². The number of hydrogen-bond donors (Lipinski definition) is 0. The average molecular weight is 245 g/mol. The van der Waals surface area contributed by atoms with Gasteiger partial charge in [-0.05, 0) is 49.7 Å². The lowest BCUT2D eigenvalue weighted by Crippen LogP contribution is -2.28. The highest BCUT2D eigenvalue weighted by atomic mass is 32.1. The Labute approximate surface area is 107 Å². The number of aryl methyl sites for hydroxylation is 1. The van der Waals surface area contributed by atoms with Crippen LogP contribution >= 0.6 is 11.3 Å². The fourth-order valence-corrected chi connectivity index (χ4v) is 4.94. The highest BCUT2D eigenvalue weighted by Gasteiger charge is 2.51. The van der Waals surface area contributed by atoms with Crippen LogP contribution in [0.1, 0.15) is 42.4 Å². The van der Waals surface area contributed by atoms with Gasteiger partial charge in [0.2, 0.25) is 0 Å². The lowest BCUT2D eigenvalue weighted by Gasteiger charge is -2.30. The summed E-state index contributed by atoms with van der Waals surface area (Å²) in [6.07, 6.45) is 7.28. The van der Waals surface area contributed by atoms with Crippen LogP contribution < -0.4 is 0 Å². The molecule has 0 saturated heterocycles. The Bertz CT molecular complexity index is 456.